The van der Waals surface area contributed by atoms with Crippen LogP contribution in [0.2, 0.25) is 5.02 Å². The Hall–Kier alpha value is -1.50. The molecule has 0 aliphatic heterocycles. The SMILES string of the molecule is CN(C)c1ccc(/C=N\NC(=O)CSCc2ccc(Cl)cc2)cc1Br. The van der Waals surface area contributed by atoms with Crippen molar-refractivity contribution in [1.29, 1.82) is 0 Å². The lowest BCUT2D eigenvalue weighted by atomic mass is 10.2. The number of anilines is 1. The zero-order chi connectivity index (χ0) is 18.2. The summed E-state index contributed by atoms with van der Waals surface area (Å²) in [4.78, 5) is 13.8. The van der Waals surface area contributed by atoms with Crippen molar-refractivity contribution in [3.05, 3.63) is 63.1 Å². The van der Waals surface area contributed by atoms with E-state index in [2.05, 4.69) is 26.5 Å². The molecule has 1 N–H and O–H groups in total. The number of carbonyl (C=O) groups is 1. The van der Waals surface area contributed by atoms with E-state index in [0.717, 1.165) is 27.0 Å². The quantitative estimate of drug-likeness (QED) is 0.507. The topological polar surface area (TPSA) is 44.7 Å². The summed E-state index contributed by atoms with van der Waals surface area (Å²) >= 11 is 10.9. The Morgan fingerprint density at radius 1 is 1.28 bits per heavy atom. The third-order valence-corrected chi connectivity index (χ3v) is 5.16. The molecule has 0 heterocycles. The van der Waals surface area contributed by atoms with Crippen molar-refractivity contribution < 1.29 is 4.79 Å². The summed E-state index contributed by atoms with van der Waals surface area (Å²) in [5.74, 6) is 0.982. The Morgan fingerprint density at radius 3 is 2.64 bits per heavy atom. The largest absolute Gasteiger partial charge is 0.377 e. The molecule has 132 valence electrons. The van der Waals surface area contributed by atoms with Crippen molar-refractivity contribution in [1.82, 2.24) is 5.43 Å². The van der Waals surface area contributed by atoms with E-state index >= 15 is 0 Å². The van der Waals surface area contributed by atoms with Gasteiger partial charge < -0.3 is 4.90 Å². The molecule has 7 heteroatoms. The molecule has 0 bridgehead atoms. The smallest absolute Gasteiger partial charge is 0.250 e. The Bertz CT molecular complexity index is 750. The summed E-state index contributed by atoms with van der Waals surface area (Å²) in [5.41, 5.74) is 5.67. The van der Waals surface area contributed by atoms with Gasteiger partial charge >= 0.3 is 0 Å². The van der Waals surface area contributed by atoms with Crippen molar-refractivity contribution in [3.63, 3.8) is 0 Å². The molecule has 2 aromatic rings. The Balaban J connectivity index is 1.76. The zero-order valence-corrected chi connectivity index (χ0v) is 17.2. The first-order valence-corrected chi connectivity index (χ1v) is 9.89. The summed E-state index contributed by atoms with van der Waals surface area (Å²) in [6.45, 7) is 0. The molecule has 0 saturated heterocycles. The lowest BCUT2D eigenvalue weighted by Gasteiger charge is -2.14. The van der Waals surface area contributed by atoms with Gasteiger partial charge in [0, 0.05) is 29.3 Å². The molecule has 2 aromatic carbocycles. The van der Waals surface area contributed by atoms with Gasteiger partial charge in [-0.25, -0.2) is 5.43 Å². The number of nitrogens with one attached hydrogen (secondary N) is 1. The van der Waals surface area contributed by atoms with E-state index in [9.17, 15) is 4.79 Å². The summed E-state index contributed by atoms with van der Waals surface area (Å²) in [7, 11) is 3.96. The molecular weight excluding hydrogens is 422 g/mol. The van der Waals surface area contributed by atoms with Crippen molar-refractivity contribution >= 4 is 57.1 Å². The van der Waals surface area contributed by atoms with Crippen molar-refractivity contribution in [3.8, 4) is 0 Å². The lowest BCUT2D eigenvalue weighted by Crippen LogP contribution is -2.19. The van der Waals surface area contributed by atoms with Crippen LogP contribution in [-0.2, 0) is 10.5 Å². The second-order valence-corrected chi connectivity index (χ2v) is 7.79. The highest BCUT2D eigenvalue weighted by Gasteiger charge is 2.03. The summed E-state index contributed by atoms with van der Waals surface area (Å²) in [5, 5.41) is 4.72. The normalized spacial score (nSPS) is 10.9. The van der Waals surface area contributed by atoms with Gasteiger partial charge in [-0.05, 0) is 51.3 Å². The summed E-state index contributed by atoms with van der Waals surface area (Å²) in [6.07, 6.45) is 1.63. The van der Waals surface area contributed by atoms with E-state index in [1.54, 1.807) is 6.21 Å². The molecule has 0 fully saturated rings. The fourth-order valence-corrected chi connectivity index (χ4v) is 3.68. The maximum atomic E-state index is 11.8. The Kier molecular flexibility index (Phi) is 7.81. The average molecular weight is 441 g/mol. The van der Waals surface area contributed by atoms with Crippen LogP contribution in [0.15, 0.2) is 52.0 Å². The van der Waals surface area contributed by atoms with Crippen LogP contribution in [0.4, 0.5) is 5.69 Å². The number of hydrogen-bond acceptors (Lipinski definition) is 4. The number of halogens is 2. The maximum absolute atomic E-state index is 11.8. The number of hydrazone groups is 1. The van der Waals surface area contributed by atoms with Gasteiger partial charge in [0.2, 0.25) is 5.91 Å². The zero-order valence-electron chi connectivity index (χ0n) is 14.0. The number of hydrogen-bond donors (Lipinski definition) is 1. The van der Waals surface area contributed by atoms with Gasteiger partial charge in [0.25, 0.3) is 0 Å². The second-order valence-electron chi connectivity index (χ2n) is 5.52. The van der Waals surface area contributed by atoms with Crippen molar-refractivity contribution in [2.24, 2.45) is 5.10 Å². The van der Waals surface area contributed by atoms with Gasteiger partial charge in [-0.2, -0.15) is 5.10 Å². The van der Waals surface area contributed by atoms with E-state index < -0.39 is 0 Å². The van der Waals surface area contributed by atoms with Crippen LogP contribution in [0.3, 0.4) is 0 Å². The lowest BCUT2D eigenvalue weighted by molar-refractivity contribution is -0.118. The van der Waals surface area contributed by atoms with Crippen LogP contribution in [0.25, 0.3) is 0 Å². The third kappa shape index (κ3) is 6.72. The van der Waals surface area contributed by atoms with E-state index in [1.165, 1.54) is 11.8 Å². The highest BCUT2D eigenvalue weighted by molar-refractivity contribution is 9.10. The highest BCUT2D eigenvalue weighted by atomic mass is 79.9. The second kappa shape index (κ2) is 9.85. The number of thioether (sulfide) groups is 1. The van der Waals surface area contributed by atoms with Crippen LogP contribution in [0.5, 0.6) is 0 Å². The van der Waals surface area contributed by atoms with Crippen LogP contribution in [0.1, 0.15) is 11.1 Å². The molecule has 0 spiro atoms. The molecule has 0 atom stereocenters. The van der Waals surface area contributed by atoms with Gasteiger partial charge in [0.15, 0.2) is 0 Å². The van der Waals surface area contributed by atoms with Crippen LogP contribution in [0, 0.1) is 0 Å². The van der Waals surface area contributed by atoms with E-state index in [4.69, 9.17) is 11.6 Å². The molecule has 0 unspecified atom stereocenters. The monoisotopic (exact) mass is 439 g/mol. The fourth-order valence-electron chi connectivity index (χ4n) is 2.02. The Labute approximate surface area is 165 Å². The number of carbonyl (C=O) groups excluding carboxylic acids is 1. The van der Waals surface area contributed by atoms with Crippen LogP contribution >= 0.6 is 39.3 Å². The standard InChI is InChI=1S/C18H19BrClN3OS/c1-23(2)17-8-5-14(9-16(17)19)10-21-22-18(24)12-25-11-13-3-6-15(20)7-4-13/h3-10H,11-12H2,1-2H3,(H,22,24)/b21-10-. The number of benzene rings is 2. The third-order valence-electron chi connectivity index (χ3n) is 3.27. The van der Waals surface area contributed by atoms with Crippen LogP contribution < -0.4 is 10.3 Å². The highest BCUT2D eigenvalue weighted by Crippen LogP contribution is 2.25. The minimum atomic E-state index is -0.126. The molecule has 1 amide bonds. The summed E-state index contributed by atoms with van der Waals surface area (Å²) in [6, 6.07) is 13.5. The molecular formula is C18H19BrClN3OS. The van der Waals surface area contributed by atoms with Gasteiger partial charge in [-0.3, -0.25) is 4.79 Å². The first-order valence-electron chi connectivity index (χ1n) is 7.56. The molecule has 25 heavy (non-hydrogen) atoms. The van der Waals surface area contributed by atoms with Gasteiger partial charge in [0.05, 0.1) is 17.7 Å². The number of rotatable bonds is 7. The fraction of sp³-hybridized carbons (Fsp3) is 0.222. The van der Waals surface area contributed by atoms with Crippen LogP contribution in [-0.4, -0.2) is 32.0 Å². The summed E-state index contributed by atoms with van der Waals surface area (Å²) < 4.78 is 0.978. The first kappa shape index (κ1) is 19.8. The molecule has 0 radical (unpaired) electrons. The van der Waals surface area contributed by atoms with Gasteiger partial charge in [0.1, 0.15) is 0 Å². The molecule has 2 rings (SSSR count). The molecule has 0 saturated carbocycles. The maximum Gasteiger partial charge on any atom is 0.250 e. The number of nitrogens with zero attached hydrogens (tertiary/aromatic N) is 2. The number of amides is 1. The van der Waals surface area contributed by atoms with E-state index in [1.807, 2.05) is 61.5 Å². The Morgan fingerprint density at radius 2 is 2.00 bits per heavy atom. The average Bonchev–Trinajstić information content (AvgIpc) is 2.56. The van der Waals surface area contributed by atoms with Crippen molar-refractivity contribution in [2.45, 2.75) is 5.75 Å². The molecule has 0 aromatic heterocycles. The molecule has 4 nitrogen and oxygen atoms in total. The van der Waals surface area contributed by atoms with E-state index in [0.29, 0.717) is 10.8 Å². The minimum absolute atomic E-state index is 0.126. The predicted octanol–water partition coefficient (Wildman–Crippen LogP) is 4.55. The molecule has 0 aliphatic rings. The predicted molar refractivity (Wildman–Crippen MR) is 112 cm³/mol. The van der Waals surface area contributed by atoms with E-state index in [-0.39, 0.29) is 5.91 Å². The van der Waals surface area contributed by atoms with Gasteiger partial charge in [-0.1, -0.05) is 29.8 Å². The first-order chi connectivity index (χ1) is 12.0. The minimum Gasteiger partial charge on any atom is -0.377 e. The van der Waals surface area contributed by atoms with Crippen molar-refractivity contribution in [2.75, 3.05) is 24.7 Å². The van der Waals surface area contributed by atoms with Gasteiger partial charge in [-0.15, -0.1) is 11.8 Å². The molecule has 0 aliphatic carbocycles.